The number of aromatic hydroxyl groups is 1. The number of allylic oxidation sites excluding steroid dienone is 1. The summed E-state index contributed by atoms with van der Waals surface area (Å²) in [5.74, 6) is 0.934. The number of nitrogens with zero attached hydrogens (tertiary/aromatic N) is 1. The predicted octanol–water partition coefficient (Wildman–Crippen LogP) is 2.02. The zero-order valence-electron chi connectivity index (χ0n) is 23.4. The van der Waals surface area contributed by atoms with E-state index in [1.165, 1.54) is 7.05 Å². The lowest BCUT2D eigenvalue weighted by Crippen LogP contribution is -2.49. The summed E-state index contributed by atoms with van der Waals surface area (Å²) in [5.41, 5.74) is 10.8. The third-order valence-corrected chi connectivity index (χ3v) is 4.96. The minimum atomic E-state index is -0.574. The molecule has 0 bridgehead atoms. The lowest BCUT2D eigenvalue weighted by atomic mass is 10.1. The minimum absolute atomic E-state index is 0.0984. The maximum absolute atomic E-state index is 11.0. The average Bonchev–Trinajstić information content (AvgIpc) is 2.85. The highest BCUT2D eigenvalue weighted by molar-refractivity contribution is 5.76. The van der Waals surface area contributed by atoms with Crippen molar-refractivity contribution in [1.82, 2.24) is 15.5 Å². The second kappa shape index (κ2) is 25.8. The first-order valence-electron chi connectivity index (χ1n) is 12.5. The van der Waals surface area contributed by atoms with Crippen molar-refractivity contribution in [3.05, 3.63) is 42.5 Å². The Morgan fingerprint density at radius 2 is 1.81 bits per heavy atom. The molecule has 2 rings (SSSR count). The fourth-order valence-corrected chi connectivity index (χ4v) is 2.91. The second-order valence-electron chi connectivity index (χ2n) is 8.73. The number of phenolic OH excluding ortho intramolecular Hbond substituents is 1. The summed E-state index contributed by atoms with van der Waals surface area (Å²) in [6.45, 7) is 20.0. The van der Waals surface area contributed by atoms with E-state index in [0.29, 0.717) is 24.3 Å². The van der Waals surface area contributed by atoms with E-state index >= 15 is 0 Å². The first-order chi connectivity index (χ1) is 17.1. The van der Waals surface area contributed by atoms with Crippen molar-refractivity contribution >= 4 is 12.7 Å². The molecule has 1 heterocycles. The molecular weight excluding hydrogens is 458 g/mol. The van der Waals surface area contributed by atoms with Crippen LogP contribution in [0.4, 0.5) is 0 Å². The zero-order chi connectivity index (χ0) is 28.5. The average molecular weight is 512 g/mol. The van der Waals surface area contributed by atoms with Gasteiger partial charge in [-0.3, -0.25) is 9.69 Å². The number of rotatable bonds is 8. The van der Waals surface area contributed by atoms with Gasteiger partial charge in [-0.05, 0) is 52.8 Å². The van der Waals surface area contributed by atoms with Gasteiger partial charge < -0.3 is 37.1 Å². The number of hydrogen-bond donors (Lipinski definition) is 6. The van der Waals surface area contributed by atoms with E-state index in [1.807, 2.05) is 38.0 Å². The van der Waals surface area contributed by atoms with Gasteiger partial charge in [-0.25, -0.2) is 0 Å². The fourth-order valence-electron chi connectivity index (χ4n) is 2.91. The summed E-state index contributed by atoms with van der Waals surface area (Å²) in [5, 5.41) is 24.7. The van der Waals surface area contributed by atoms with E-state index < -0.39 is 6.10 Å². The van der Waals surface area contributed by atoms with E-state index in [9.17, 15) is 9.90 Å². The van der Waals surface area contributed by atoms with Crippen molar-refractivity contribution in [3.8, 4) is 5.75 Å². The van der Waals surface area contributed by atoms with Crippen LogP contribution in [-0.4, -0.2) is 79.2 Å². The number of aliphatic hydroxyl groups is 1. The van der Waals surface area contributed by atoms with Crippen LogP contribution < -0.4 is 22.1 Å². The van der Waals surface area contributed by atoms with Gasteiger partial charge in [0, 0.05) is 43.8 Å². The van der Waals surface area contributed by atoms with Crippen molar-refractivity contribution in [2.45, 2.75) is 72.2 Å². The van der Waals surface area contributed by atoms with Crippen molar-refractivity contribution in [2.75, 3.05) is 33.2 Å². The molecule has 3 atom stereocenters. The molecule has 1 aromatic rings. The molecule has 8 N–H and O–H groups in total. The molecule has 9 heteroatoms. The lowest BCUT2D eigenvalue weighted by molar-refractivity contribution is -0.123. The number of amides is 1. The quantitative estimate of drug-likeness (QED) is 0.290. The monoisotopic (exact) mass is 511 g/mol. The Balaban J connectivity index is -0.000000465. The summed E-state index contributed by atoms with van der Waals surface area (Å²) < 4.78 is 0. The Morgan fingerprint density at radius 1 is 1.25 bits per heavy atom. The molecule has 1 aliphatic heterocycles. The molecule has 9 nitrogen and oxygen atoms in total. The highest BCUT2D eigenvalue weighted by atomic mass is 16.3. The lowest BCUT2D eigenvalue weighted by Gasteiger charge is -2.33. The number of para-hydroxylation sites is 1. The van der Waals surface area contributed by atoms with E-state index in [4.69, 9.17) is 15.6 Å². The summed E-state index contributed by atoms with van der Waals surface area (Å²) in [6, 6.07) is 8.22. The molecule has 0 aliphatic carbocycles. The van der Waals surface area contributed by atoms with E-state index in [-0.39, 0.29) is 18.4 Å². The molecular formula is C27H53N5O4. The van der Waals surface area contributed by atoms with Crippen molar-refractivity contribution in [1.29, 1.82) is 0 Å². The molecule has 1 aromatic carbocycles. The SMILES string of the molecule is C=CC(C)C.C=O.CC(O)CC(=O)NC(C)CCN.CC1CNCCN1Cc1ccccc1O.CN. The van der Waals surface area contributed by atoms with Gasteiger partial charge in [-0.2, -0.15) is 0 Å². The van der Waals surface area contributed by atoms with E-state index in [1.54, 1.807) is 13.0 Å². The van der Waals surface area contributed by atoms with Gasteiger partial charge in [0.05, 0.1) is 12.5 Å². The molecule has 210 valence electrons. The maximum Gasteiger partial charge on any atom is 0.222 e. The largest absolute Gasteiger partial charge is 0.508 e. The zero-order valence-corrected chi connectivity index (χ0v) is 23.4. The second-order valence-corrected chi connectivity index (χ2v) is 8.73. The van der Waals surface area contributed by atoms with Gasteiger partial charge in [0.1, 0.15) is 12.5 Å². The molecule has 0 radical (unpaired) electrons. The van der Waals surface area contributed by atoms with Crippen LogP contribution in [0.25, 0.3) is 0 Å². The molecule has 1 saturated heterocycles. The van der Waals surface area contributed by atoms with Gasteiger partial charge in [-0.1, -0.05) is 38.1 Å². The first-order valence-corrected chi connectivity index (χ1v) is 12.5. The normalized spacial score (nSPS) is 16.1. The molecule has 1 aliphatic rings. The van der Waals surface area contributed by atoms with Crippen molar-refractivity contribution in [3.63, 3.8) is 0 Å². The van der Waals surface area contributed by atoms with Crippen LogP contribution in [0, 0.1) is 5.92 Å². The molecule has 0 spiro atoms. The van der Waals surface area contributed by atoms with E-state index in [0.717, 1.165) is 38.2 Å². The standard InChI is InChI=1S/C12H18N2O.C8H18N2O2.C5H10.CH5N.CH2O/c1-10-8-13-6-7-14(10)9-11-4-2-3-5-12(11)15;1-6(3-4-9)10-8(12)5-7(2)11;1-4-5(2)3;2*1-2/h2-5,10,13,15H,6-9H2,1H3;6-7,11H,3-5,9H2,1-2H3,(H,10,12);4-5H,1H2,2-3H3;2H2,1H3;1H2. The molecule has 3 unspecified atom stereocenters. The van der Waals surface area contributed by atoms with Gasteiger partial charge in [0.25, 0.3) is 0 Å². The number of benzene rings is 1. The van der Waals surface area contributed by atoms with Gasteiger partial charge >= 0.3 is 0 Å². The van der Waals surface area contributed by atoms with Gasteiger partial charge in [-0.15, -0.1) is 6.58 Å². The van der Waals surface area contributed by atoms with Gasteiger partial charge in [0.15, 0.2) is 0 Å². The van der Waals surface area contributed by atoms with Crippen LogP contribution in [0.1, 0.15) is 53.0 Å². The number of hydrogen-bond acceptors (Lipinski definition) is 8. The Bertz CT molecular complexity index is 659. The number of carbonyl (C=O) groups excluding carboxylic acids is 2. The Morgan fingerprint density at radius 3 is 2.25 bits per heavy atom. The van der Waals surface area contributed by atoms with Crippen molar-refractivity contribution < 1.29 is 19.8 Å². The van der Waals surface area contributed by atoms with Gasteiger partial charge in [0.2, 0.25) is 5.91 Å². The predicted molar refractivity (Wildman–Crippen MR) is 151 cm³/mol. The summed E-state index contributed by atoms with van der Waals surface area (Å²) in [4.78, 5) is 21.4. The number of nitrogens with one attached hydrogen (secondary N) is 2. The number of carbonyl (C=O) groups is 2. The first kappa shape index (κ1) is 38.2. The number of piperazine rings is 1. The summed E-state index contributed by atoms with van der Waals surface area (Å²) >= 11 is 0. The molecule has 1 fully saturated rings. The Kier molecular flexibility index (Phi) is 27.4. The Hall–Kier alpha value is -2.30. The number of nitrogens with two attached hydrogens (primary N) is 2. The third-order valence-electron chi connectivity index (χ3n) is 4.96. The smallest absolute Gasteiger partial charge is 0.222 e. The fraction of sp³-hybridized carbons (Fsp3) is 0.630. The van der Waals surface area contributed by atoms with E-state index in [2.05, 4.69) is 48.6 Å². The molecule has 36 heavy (non-hydrogen) atoms. The molecule has 0 aromatic heterocycles. The Labute approximate surface area is 219 Å². The number of aliphatic hydroxyl groups excluding tert-OH is 1. The highest BCUT2D eigenvalue weighted by Gasteiger charge is 2.18. The molecule has 0 saturated carbocycles. The minimum Gasteiger partial charge on any atom is -0.508 e. The topological polar surface area (TPSA) is 154 Å². The van der Waals surface area contributed by atoms with Crippen molar-refractivity contribution in [2.24, 2.45) is 17.4 Å². The van der Waals surface area contributed by atoms with Crippen LogP contribution in [0.2, 0.25) is 0 Å². The van der Waals surface area contributed by atoms with Crippen LogP contribution in [0.3, 0.4) is 0 Å². The third kappa shape index (κ3) is 22.2. The molecule has 1 amide bonds. The van der Waals surface area contributed by atoms with Crippen LogP contribution in [-0.2, 0) is 16.1 Å². The van der Waals surface area contributed by atoms with Crippen LogP contribution >= 0.6 is 0 Å². The maximum atomic E-state index is 11.0. The summed E-state index contributed by atoms with van der Waals surface area (Å²) in [6.07, 6.45) is 2.27. The van der Waals surface area contributed by atoms with Crippen LogP contribution in [0.15, 0.2) is 36.9 Å². The highest BCUT2D eigenvalue weighted by Crippen LogP contribution is 2.19. The van der Waals surface area contributed by atoms with Crippen LogP contribution in [0.5, 0.6) is 5.75 Å². The number of phenols is 1. The summed E-state index contributed by atoms with van der Waals surface area (Å²) in [7, 11) is 1.50.